The Morgan fingerprint density at radius 3 is 1.73 bits per heavy atom. The van der Waals surface area contributed by atoms with Gasteiger partial charge in [0.1, 0.15) is 6.04 Å². The van der Waals surface area contributed by atoms with Gasteiger partial charge < -0.3 is 42.3 Å². The van der Waals surface area contributed by atoms with Gasteiger partial charge in [-0.05, 0) is 12.8 Å². The van der Waals surface area contributed by atoms with Crippen LogP contribution in [0.5, 0.6) is 0 Å². The van der Waals surface area contributed by atoms with Crippen LogP contribution >= 0.6 is 0 Å². The quantitative estimate of drug-likeness (QED) is 0.0746. The summed E-state index contributed by atoms with van der Waals surface area (Å²) in [4.78, 5) is 40.7. The van der Waals surface area contributed by atoms with E-state index in [0.717, 1.165) is 0 Å². The molecule has 0 spiro atoms. The number of guanidine groups is 1. The Balaban J connectivity index is -0.000000393. The van der Waals surface area contributed by atoms with Crippen molar-refractivity contribution in [1.29, 1.82) is 5.41 Å². The third kappa shape index (κ3) is 15.2. The van der Waals surface area contributed by atoms with Gasteiger partial charge in [-0.3, -0.25) is 19.8 Å². The summed E-state index contributed by atoms with van der Waals surface area (Å²) < 4.78 is 0. The van der Waals surface area contributed by atoms with Crippen LogP contribution in [0.3, 0.4) is 0 Å². The molecular weight excluding hydrogens is 410 g/mol. The molecule has 11 N–H and O–H groups in total. The summed E-state index contributed by atoms with van der Waals surface area (Å²) in [6, 6.07) is -0.821. The molecule has 13 nitrogen and oxygen atoms in total. The van der Waals surface area contributed by atoms with Crippen LogP contribution in [0, 0.1) is 5.41 Å². The fourth-order valence-corrected chi connectivity index (χ4v) is 1.38. The maximum atomic E-state index is 10.3. The number of hydrogen-bond donors (Lipinski definition) is 9. The van der Waals surface area contributed by atoms with Gasteiger partial charge >= 0.3 is 23.9 Å². The SMILES string of the molecule is N=C(N)NCCCC(N)C(=O)O.O=C(O)CC(O)(CC(=O)O)C(=O)O.[Zn]. The molecule has 1 atom stereocenters. The first-order chi connectivity index (χ1) is 11.3. The number of hydrogen-bond acceptors (Lipinski definition) is 7. The topological polar surface area (TPSA) is 257 Å². The second-order valence-electron chi connectivity index (χ2n) is 4.91. The standard InChI is InChI=1S/C6H14N4O2.C6H8O7.Zn/c7-4(5(11)12)2-1-3-10-6(8)9;7-3(8)1-6(13,5(11)12)2-4(9)10;/h4H,1-3,7H2,(H,11,12)(H4,8,9,10);13H,1-2H2,(H,7,8)(H,9,10)(H,11,12);. The predicted octanol–water partition coefficient (Wildman–Crippen LogP) is -2.59. The first-order valence-corrected chi connectivity index (χ1v) is 6.77. The number of carbonyl (C=O) groups is 4. The molecule has 0 aromatic carbocycles. The van der Waals surface area contributed by atoms with Crippen LogP contribution < -0.4 is 16.8 Å². The normalized spacial score (nSPS) is 11.0. The number of aliphatic hydroxyl groups is 1. The van der Waals surface area contributed by atoms with Gasteiger partial charge in [0.15, 0.2) is 11.6 Å². The molecule has 0 saturated carbocycles. The molecule has 0 radical (unpaired) electrons. The van der Waals surface area contributed by atoms with Crippen LogP contribution in [0.15, 0.2) is 0 Å². The van der Waals surface area contributed by atoms with Gasteiger partial charge in [0.25, 0.3) is 0 Å². The van der Waals surface area contributed by atoms with Crippen molar-refractivity contribution in [2.45, 2.75) is 37.3 Å². The molecule has 0 fully saturated rings. The molecule has 0 bridgehead atoms. The van der Waals surface area contributed by atoms with Gasteiger partial charge in [0.05, 0.1) is 12.8 Å². The Kier molecular flexibility index (Phi) is 15.3. The molecule has 0 aliphatic rings. The van der Waals surface area contributed by atoms with Crippen molar-refractivity contribution in [3.05, 3.63) is 0 Å². The number of rotatable bonds is 10. The third-order valence-electron chi connectivity index (χ3n) is 2.61. The first kappa shape index (κ1) is 28.5. The number of aliphatic carboxylic acids is 4. The molecule has 0 rings (SSSR count). The predicted molar refractivity (Wildman–Crippen MR) is 81.9 cm³/mol. The summed E-state index contributed by atoms with van der Waals surface area (Å²) >= 11 is 0. The monoisotopic (exact) mass is 430 g/mol. The van der Waals surface area contributed by atoms with Crippen molar-refractivity contribution in [2.24, 2.45) is 11.5 Å². The maximum Gasteiger partial charge on any atom is 0.336 e. The second kappa shape index (κ2) is 13.9. The minimum atomic E-state index is -2.74. The molecule has 0 aliphatic carbocycles. The van der Waals surface area contributed by atoms with Crippen LogP contribution in [-0.4, -0.2) is 73.6 Å². The van der Waals surface area contributed by atoms with Crippen molar-refractivity contribution in [2.75, 3.05) is 6.54 Å². The van der Waals surface area contributed by atoms with E-state index in [0.29, 0.717) is 19.4 Å². The van der Waals surface area contributed by atoms with Gasteiger partial charge in [-0.15, -0.1) is 0 Å². The molecule has 0 heterocycles. The Morgan fingerprint density at radius 2 is 1.46 bits per heavy atom. The van der Waals surface area contributed by atoms with Crippen molar-refractivity contribution in [1.82, 2.24) is 5.32 Å². The van der Waals surface area contributed by atoms with Crippen molar-refractivity contribution in [3.8, 4) is 0 Å². The molecule has 0 aromatic heterocycles. The van der Waals surface area contributed by atoms with Crippen molar-refractivity contribution < 1.29 is 64.2 Å². The maximum absolute atomic E-state index is 10.3. The van der Waals surface area contributed by atoms with Crippen molar-refractivity contribution in [3.63, 3.8) is 0 Å². The summed E-state index contributed by atoms with van der Waals surface area (Å²) in [6.45, 7) is 0.482. The molecule has 0 amide bonds. The second-order valence-corrected chi connectivity index (χ2v) is 4.91. The largest absolute Gasteiger partial charge is 0.481 e. The van der Waals surface area contributed by atoms with Crippen LogP contribution in [0.4, 0.5) is 0 Å². The first-order valence-electron chi connectivity index (χ1n) is 6.77. The zero-order valence-electron chi connectivity index (χ0n) is 13.8. The molecule has 0 saturated heterocycles. The molecule has 146 valence electrons. The van der Waals surface area contributed by atoms with E-state index < -0.39 is 48.4 Å². The van der Waals surface area contributed by atoms with E-state index in [9.17, 15) is 19.2 Å². The van der Waals surface area contributed by atoms with Gasteiger partial charge in [0.2, 0.25) is 0 Å². The minimum Gasteiger partial charge on any atom is -0.481 e. The summed E-state index contributed by atoms with van der Waals surface area (Å²) in [5, 5.41) is 51.5. The number of nitrogens with two attached hydrogens (primary N) is 2. The zero-order chi connectivity index (χ0) is 20.2. The van der Waals surface area contributed by atoms with Crippen molar-refractivity contribution >= 4 is 29.8 Å². The van der Waals surface area contributed by atoms with E-state index in [1.54, 1.807) is 0 Å². The average molecular weight is 432 g/mol. The number of carboxylic acids is 4. The molecule has 26 heavy (non-hydrogen) atoms. The fourth-order valence-electron chi connectivity index (χ4n) is 1.38. The van der Waals surface area contributed by atoms with E-state index >= 15 is 0 Å². The average Bonchev–Trinajstić information content (AvgIpc) is 2.41. The van der Waals surface area contributed by atoms with Gasteiger partial charge in [-0.25, -0.2) is 4.79 Å². The summed E-state index contributed by atoms with van der Waals surface area (Å²) in [6.07, 6.45) is -1.31. The summed E-state index contributed by atoms with van der Waals surface area (Å²) in [5.41, 5.74) is 7.48. The number of carboxylic acid groups (broad SMARTS) is 4. The molecular formula is C12H22N4O9Zn. The van der Waals surface area contributed by atoms with E-state index in [-0.39, 0.29) is 25.4 Å². The van der Waals surface area contributed by atoms with E-state index in [2.05, 4.69) is 5.32 Å². The Hall–Kier alpha value is -2.31. The fraction of sp³-hybridized carbons (Fsp3) is 0.583. The minimum absolute atomic E-state index is 0. The molecule has 0 aromatic rings. The van der Waals surface area contributed by atoms with Crippen LogP contribution in [0.25, 0.3) is 0 Å². The molecule has 1 unspecified atom stereocenters. The smallest absolute Gasteiger partial charge is 0.336 e. The zero-order valence-corrected chi connectivity index (χ0v) is 16.8. The molecule has 14 heteroatoms. The van der Waals surface area contributed by atoms with Crippen LogP contribution in [-0.2, 0) is 38.7 Å². The van der Waals surface area contributed by atoms with Gasteiger partial charge in [-0.1, -0.05) is 0 Å². The summed E-state index contributed by atoms with van der Waals surface area (Å²) in [7, 11) is 0. The number of nitrogens with one attached hydrogen (secondary N) is 2. The van der Waals surface area contributed by atoms with Crippen LogP contribution in [0.2, 0.25) is 0 Å². The van der Waals surface area contributed by atoms with E-state index in [4.69, 9.17) is 42.4 Å². The summed E-state index contributed by atoms with van der Waals surface area (Å²) in [5.74, 6) is -6.13. The molecule has 0 aliphatic heterocycles. The Labute approximate surface area is 160 Å². The Bertz CT molecular complexity index is 499. The van der Waals surface area contributed by atoms with E-state index in [1.807, 2.05) is 0 Å². The third-order valence-corrected chi connectivity index (χ3v) is 2.61. The van der Waals surface area contributed by atoms with Gasteiger partial charge in [0, 0.05) is 26.0 Å². The van der Waals surface area contributed by atoms with Crippen LogP contribution in [0.1, 0.15) is 25.7 Å². The van der Waals surface area contributed by atoms with Gasteiger partial charge in [-0.2, -0.15) is 0 Å². The van der Waals surface area contributed by atoms with E-state index in [1.165, 1.54) is 0 Å². The Morgan fingerprint density at radius 1 is 1.04 bits per heavy atom.